The molecule has 0 aliphatic carbocycles. The summed E-state index contributed by atoms with van der Waals surface area (Å²) in [6.45, 7) is 1.91. The zero-order chi connectivity index (χ0) is 13.1. The van der Waals surface area contributed by atoms with Gasteiger partial charge in [0.25, 0.3) is 5.91 Å². The van der Waals surface area contributed by atoms with Gasteiger partial charge in [-0.15, -0.1) is 0 Å². The number of hydrogen-bond acceptors (Lipinski definition) is 3. The van der Waals surface area contributed by atoms with Crippen molar-refractivity contribution in [1.82, 2.24) is 10.3 Å². The maximum absolute atomic E-state index is 11.9. The molecule has 5 heteroatoms. The summed E-state index contributed by atoms with van der Waals surface area (Å²) < 4.78 is 0. The molecule has 5 N–H and O–H groups in total. The lowest BCUT2D eigenvalue weighted by Crippen LogP contribution is -2.33. The second-order valence-corrected chi connectivity index (χ2v) is 4.38. The van der Waals surface area contributed by atoms with Gasteiger partial charge in [-0.25, -0.2) is 0 Å². The Morgan fingerprint density at radius 1 is 1.56 bits per heavy atom. The van der Waals surface area contributed by atoms with E-state index in [0.29, 0.717) is 17.8 Å². The average Bonchev–Trinajstić information content (AvgIpc) is 2.74. The predicted octanol–water partition coefficient (Wildman–Crippen LogP) is 1.25. The Morgan fingerprint density at radius 3 is 3.00 bits per heavy atom. The molecule has 0 bridgehead atoms. The van der Waals surface area contributed by atoms with Crippen LogP contribution in [0.1, 0.15) is 23.8 Å². The van der Waals surface area contributed by atoms with Gasteiger partial charge >= 0.3 is 0 Å². The lowest BCUT2D eigenvalue weighted by molar-refractivity contribution is 0.0930. The molecule has 0 saturated carbocycles. The van der Waals surface area contributed by atoms with E-state index in [1.165, 1.54) is 0 Å². The van der Waals surface area contributed by atoms with E-state index in [1.54, 1.807) is 12.1 Å². The van der Waals surface area contributed by atoms with Crippen LogP contribution in [-0.2, 0) is 0 Å². The number of aromatic amines is 1. The largest absolute Gasteiger partial charge is 0.397 e. The highest BCUT2D eigenvalue weighted by Gasteiger charge is 2.12. The smallest absolute Gasteiger partial charge is 0.267 e. The molecule has 1 amide bonds. The van der Waals surface area contributed by atoms with Gasteiger partial charge in [0.2, 0.25) is 0 Å². The van der Waals surface area contributed by atoms with Crippen LogP contribution in [0.3, 0.4) is 0 Å². The Labute approximate surface area is 105 Å². The second-order valence-electron chi connectivity index (χ2n) is 4.38. The third-order valence-corrected chi connectivity index (χ3v) is 2.87. The lowest BCUT2D eigenvalue weighted by atomic mass is 10.2. The summed E-state index contributed by atoms with van der Waals surface area (Å²) in [5.74, 6) is -0.188. The fourth-order valence-corrected chi connectivity index (χ4v) is 1.87. The summed E-state index contributed by atoms with van der Waals surface area (Å²) in [6.07, 6.45) is 0.536. The molecular formula is C13H17N3O2. The molecule has 0 saturated heterocycles. The van der Waals surface area contributed by atoms with Crippen molar-refractivity contribution in [1.29, 1.82) is 0 Å². The molecule has 1 aromatic carbocycles. The molecule has 18 heavy (non-hydrogen) atoms. The minimum Gasteiger partial charge on any atom is -0.397 e. The van der Waals surface area contributed by atoms with Crippen molar-refractivity contribution < 1.29 is 9.90 Å². The number of carbonyl (C=O) groups excluding carboxylic acids is 1. The molecule has 96 valence electrons. The number of H-pyrrole nitrogens is 1. The second kappa shape index (κ2) is 5.10. The molecular weight excluding hydrogens is 230 g/mol. The van der Waals surface area contributed by atoms with Crippen LogP contribution in [-0.4, -0.2) is 28.6 Å². The van der Waals surface area contributed by atoms with Gasteiger partial charge in [-0.3, -0.25) is 4.79 Å². The van der Waals surface area contributed by atoms with Gasteiger partial charge in [-0.2, -0.15) is 0 Å². The van der Waals surface area contributed by atoms with E-state index in [9.17, 15) is 4.79 Å². The van der Waals surface area contributed by atoms with Crippen LogP contribution >= 0.6 is 0 Å². The Balaban J connectivity index is 2.21. The van der Waals surface area contributed by atoms with Crippen molar-refractivity contribution in [3.05, 3.63) is 30.0 Å². The monoisotopic (exact) mass is 247 g/mol. The van der Waals surface area contributed by atoms with Crippen LogP contribution in [0.2, 0.25) is 0 Å². The van der Waals surface area contributed by atoms with Crippen LogP contribution in [0.5, 0.6) is 0 Å². The van der Waals surface area contributed by atoms with E-state index in [-0.39, 0.29) is 18.6 Å². The number of nitrogens with one attached hydrogen (secondary N) is 2. The average molecular weight is 247 g/mol. The zero-order valence-corrected chi connectivity index (χ0v) is 10.2. The first-order valence-electron chi connectivity index (χ1n) is 5.90. The lowest BCUT2D eigenvalue weighted by Gasteiger charge is -2.11. The minimum atomic E-state index is -0.188. The Bertz CT molecular complexity index is 562. The van der Waals surface area contributed by atoms with Gasteiger partial charge < -0.3 is 21.1 Å². The summed E-state index contributed by atoms with van der Waals surface area (Å²) in [5.41, 5.74) is 7.70. The first kappa shape index (κ1) is 12.4. The Kier molecular flexibility index (Phi) is 3.53. The van der Waals surface area contributed by atoms with Crippen LogP contribution in [0, 0.1) is 0 Å². The van der Waals surface area contributed by atoms with Gasteiger partial charge in [0.05, 0.1) is 11.2 Å². The maximum Gasteiger partial charge on any atom is 0.267 e. The highest BCUT2D eigenvalue weighted by atomic mass is 16.3. The molecule has 2 aromatic rings. The van der Waals surface area contributed by atoms with Crippen LogP contribution in [0.4, 0.5) is 5.69 Å². The number of rotatable bonds is 4. The molecule has 0 aliphatic heterocycles. The van der Waals surface area contributed by atoms with Crippen LogP contribution < -0.4 is 11.1 Å². The van der Waals surface area contributed by atoms with E-state index in [0.717, 1.165) is 10.9 Å². The van der Waals surface area contributed by atoms with Crippen molar-refractivity contribution in [3.8, 4) is 0 Å². The standard InChI is InChI=1S/C13H17N3O2/c1-8(5-6-17)15-13(18)11-7-9-3-2-4-10(14)12(9)16-11/h2-4,7-8,16-17H,5-6,14H2,1H3,(H,15,18). The molecule has 0 spiro atoms. The number of nitrogens with two attached hydrogens (primary N) is 1. The summed E-state index contributed by atoms with van der Waals surface area (Å²) >= 11 is 0. The molecule has 0 radical (unpaired) electrons. The van der Waals surface area contributed by atoms with Gasteiger partial charge in [0.1, 0.15) is 5.69 Å². The normalized spacial score (nSPS) is 12.6. The highest BCUT2D eigenvalue weighted by molar-refractivity contribution is 6.00. The number of aliphatic hydroxyl groups is 1. The minimum absolute atomic E-state index is 0.0566. The van der Waals surface area contributed by atoms with Crippen molar-refractivity contribution in [2.45, 2.75) is 19.4 Å². The molecule has 1 heterocycles. The number of carbonyl (C=O) groups is 1. The summed E-state index contributed by atoms with van der Waals surface area (Å²) in [4.78, 5) is 15.0. The van der Waals surface area contributed by atoms with Crippen molar-refractivity contribution in [3.63, 3.8) is 0 Å². The fraction of sp³-hybridized carbons (Fsp3) is 0.308. The van der Waals surface area contributed by atoms with E-state index >= 15 is 0 Å². The predicted molar refractivity (Wildman–Crippen MR) is 71.3 cm³/mol. The van der Waals surface area contributed by atoms with Gasteiger partial charge in [-0.05, 0) is 25.5 Å². The zero-order valence-electron chi connectivity index (χ0n) is 10.2. The molecule has 0 aliphatic rings. The number of amides is 1. The summed E-state index contributed by atoms with van der Waals surface area (Å²) in [5, 5.41) is 12.5. The molecule has 1 aromatic heterocycles. The van der Waals surface area contributed by atoms with Gasteiger partial charge in [0.15, 0.2) is 0 Å². The number of fused-ring (bicyclic) bond motifs is 1. The number of para-hydroxylation sites is 1. The molecule has 1 atom stereocenters. The van der Waals surface area contributed by atoms with Crippen molar-refractivity contribution >= 4 is 22.5 Å². The summed E-state index contributed by atoms with van der Waals surface area (Å²) in [6, 6.07) is 7.24. The third-order valence-electron chi connectivity index (χ3n) is 2.87. The Morgan fingerprint density at radius 2 is 2.33 bits per heavy atom. The highest BCUT2D eigenvalue weighted by Crippen LogP contribution is 2.21. The quantitative estimate of drug-likeness (QED) is 0.613. The first-order chi connectivity index (χ1) is 8.61. The van der Waals surface area contributed by atoms with E-state index in [2.05, 4.69) is 10.3 Å². The van der Waals surface area contributed by atoms with Crippen LogP contribution in [0.15, 0.2) is 24.3 Å². The van der Waals surface area contributed by atoms with E-state index < -0.39 is 0 Å². The van der Waals surface area contributed by atoms with Gasteiger partial charge in [-0.1, -0.05) is 12.1 Å². The molecule has 1 unspecified atom stereocenters. The fourth-order valence-electron chi connectivity index (χ4n) is 1.87. The first-order valence-corrected chi connectivity index (χ1v) is 5.90. The topological polar surface area (TPSA) is 91.1 Å². The van der Waals surface area contributed by atoms with Crippen LogP contribution in [0.25, 0.3) is 10.9 Å². The number of aliphatic hydroxyl groups excluding tert-OH is 1. The van der Waals surface area contributed by atoms with E-state index in [4.69, 9.17) is 10.8 Å². The number of nitrogen functional groups attached to an aromatic ring is 1. The number of hydrogen-bond donors (Lipinski definition) is 4. The molecule has 5 nitrogen and oxygen atoms in total. The summed E-state index contributed by atoms with van der Waals surface area (Å²) in [7, 11) is 0. The number of benzene rings is 1. The Hall–Kier alpha value is -2.01. The van der Waals surface area contributed by atoms with Gasteiger partial charge in [0, 0.05) is 18.0 Å². The molecule has 2 rings (SSSR count). The molecule has 0 fully saturated rings. The SMILES string of the molecule is CC(CCO)NC(=O)c1cc2cccc(N)c2[nH]1. The third kappa shape index (κ3) is 2.46. The number of aromatic nitrogens is 1. The van der Waals surface area contributed by atoms with E-state index in [1.807, 2.05) is 19.1 Å². The number of anilines is 1. The maximum atomic E-state index is 11.9. The van der Waals surface area contributed by atoms with Crippen molar-refractivity contribution in [2.75, 3.05) is 12.3 Å². The van der Waals surface area contributed by atoms with Crippen molar-refractivity contribution in [2.24, 2.45) is 0 Å².